The summed E-state index contributed by atoms with van der Waals surface area (Å²) in [5, 5.41) is 11.5. The fourth-order valence-corrected chi connectivity index (χ4v) is 1.52. The molecule has 0 amide bonds. The Bertz CT molecular complexity index is 538. The standard InChI is InChI=1S/C14H12FNO2/c15-13-7-5-11(6-8-13)10-18-14-4-2-1-3-12(14)9-16-17/h1-9,17H,10H2. The molecule has 0 spiro atoms. The summed E-state index contributed by atoms with van der Waals surface area (Å²) in [6.45, 7) is 0.330. The lowest BCUT2D eigenvalue weighted by atomic mass is 10.2. The van der Waals surface area contributed by atoms with E-state index in [0.29, 0.717) is 17.9 Å². The van der Waals surface area contributed by atoms with Gasteiger partial charge in [0, 0.05) is 5.56 Å². The third kappa shape index (κ3) is 3.07. The summed E-state index contributed by atoms with van der Waals surface area (Å²) in [6.07, 6.45) is 1.31. The van der Waals surface area contributed by atoms with Crippen LogP contribution < -0.4 is 4.74 Å². The number of hydrogen-bond acceptors (Lipinski definition) is 3. The number of oxime groups is 1. The quantitative estimate of drug-likeness (QED) is 0.510. The molecule has 0 fully saturated rings. The first-order chi connectivity index (χ1) is 8.79. The number of hydrogen-bond donors (Lipinski definition) is 1. The molecule has 0 aliphatic carbocycles. The smallest absolute Gasteiger partial charge is 0.128 e. The van der Waals surface area contributed by atoms with Crippen molar-refractivity contribution >= 4 is 6.21 Å². The number of ether oxygens (including phenoxy) is 1. The Kier molecular flexibility index (Phi) is 3.91. The van der Waals surface area contributed by atoms with E-state index in [1.165, 1.54) is 18.3 Å². The van der Waals surface area contributed by atoms with Crippen LogP contribution in [0.5, 0.6) is 5.75 Å². The Labute approximate surface area is 104 Å². The molecule has 2 rings (SSSR count). The number of benzene rings is 2. The van der Waals surface area contributed by atoms with E-state index in [4.69, 9.17) is 9.94 Å². The molecule has 0 bridgehead atoms. The molecule has 92 valence electrons. The average Bonchev–Trinajstić information content (AvgIpc) is 2.40. The third-order valence-corrected chi connectivity index (χ3v) is 2.42. The Balaban J connectivity index is 2.08. The van der Waals surface area contributed by atoms with Crippen molar-refractivity contribution < 1.29 is 14.3 Å². The van der Waals surface area contributed by atoms with E-state index in [0.717, 1.165) is 5.56 Å². The van der Waals surface area contributed by atoms with Crippen molar-refractivity contribution in [2.24, 2.45) is 5.16 Å². The van der Waals surface area contributed by atoms with Crippen LogP contribution in [0.1, 0.15) is 11.1 Å². The largest absolute Gasteiger partial charge is 0.488 e. The molecule has 0 aliphatic heterocycles. The minimum absolute atomic E-state index is 0.272. The van der Waals surface area contributed by atoms with E-state index < -0.39 is 0 Å². The van der Waals surface area contributed by atoms with E-state index >= 15 is 0 Å². The molecule has 18 heavy (non-hydrogen) atoms. The lowest BCUT2D eigenvalue weighted by Crippen LogP contribution is -1.98. The van der Waals surface area contributed by atoms with E-state index in [-0.39, 0.29) is 5.82 Å². The third-order valence-electron chi connectivity index (χ3n) is 2.42. The Morgan fingerprint density at radius 2 is 1.83 bits per heavy atom. The topological polar surface area (TPSA) is 41.8 Å². The molecule has 1 N–H and O–H groups in total. The number of halogens is 1. The van der Waals surface area contributed by atoms with Crippen molar-refractivity contribution in [3.63, 3.8) is 0 Å². The fourth-order valence-electron chi connectivity index (χ4n) is 1.52. The zero-order valence-electron chi connectivity index (χ0n) is 9.58. The summed E-state index contributed by atoms with van der Waals surface area (Å²) in [6, 6.07) is 13.3. The summed E-state index contributed by atoms with van der Waals surface area (Å²) in [4.78, 5) is 0. The van der Waals surface area contributed by atoms with Crippen LogP contribution in [0.15, 0.2) is 53.7 Å². The molecule has 0 radical (unpaired) electrons. The van der Waals surface area contributed by atoms with Crippen molar-refractivity contribution in [3.8, 4) is 5.75 Å². The maximum Gasteiger partial charge on any atom is 0.128 e. The number of rotatable bonds is 4. The molecule has 0 atom stereocenters. The van der Waals surface area contributed by atoms with Gasteiger partial charge in [0.25, 0.3) is 0 Å². The molecule has 2 aromatic carbocycles. The summed E-state index contributed by atoms with van der Waals surface area (Å²) in [5.41, 5.74) is 1.55. The van der Waals surface area contributed by atoms with E-state index in [1.807, 2.05) is 12.1 Å². The van der Waals surface area contributed by atoms with Crippen LogP contribution in [0.4, 0.5) is 4.39 Å². The molecule has 0 saturated heterocycles. The Morgan fingerprint density at radius 3 is 2.56 bits per heavy atom. The van der Waals surface area contributed by atoms with Crippen LogP contribution in [0, 0.1) is 5.82 Å². The molecular weight excluding hydrogens is 233 g/mol. The molecular formula is C14H12FNO2. The predicted octanol–water partition coefficient (Wildman–Crippen LogP) is 3.21. The van der Waals surface area contributed by atoms with Crippen molar-refractivity contribution in [1.29, 1.82) is 0 Å². The highest BCUT2D eigenvalue weighted by atomic mass is 19.1. The fraction of sp³-hybridized carbons (Fsp3) is 0.0714. The second-order valence-electron chi connectivity index (χ2n) is 3.70. The van der Waals surface area contributed by atoms with Crippen LogP contribution in [0.25, 0.3) is 0 Å². The number of para-hydroxylation sites is 1. The summed E-state index contributed by atoms with van der Waals surface area (Å²) >= 11 is 0. The lowest BCUT2D eigenvalue weighted by molar-refractivity contribution is 0.304. The molecule has 0 unspecified atom stereocenters. The molecule has 0 aromatic heterocycles. The van der Waals surface area contributed by atoms with Crippen molar-refractivity contribution in [2.45, 2.75) is 6.61 Å². The molecule has 0 saturated carbocycles. The lowest BCUT2D eigenvalue weighted by Gasteiger charge is -2.08. The van der Waals surface area contributed by atoms with Gasteiger partial charge in [-0.05, 0) is 29.8 Å². The highest BCUT2D eigenvalue weighted by molar-refractivity contribution is 5.82. The van der Waals surface area contributed by atoms with Crippen LogP contribution in [-0.2, 0) is 6.61 Å². The summed E-state index contributed by atoms with van der Waals surface area (Å²) < 4.78 is 18.3. The van der Waals surface area contributed by atoms with Gasteiger partial charge in [-0.1, -0.05) is 29.4 Å². The second kappa shape index (κ2) is 5.82. The first-order valence-corrected chi connectivity index (χ1v) is 5.43. The first-order valence-electron chi connectivity index (χ1n) is 5.43. The highest BCUT2D eigenvalue weighted by Crippen LogP contribution is 2.17. The van der Waals surface area contributed by atoms with Crippen molar-refractivity contribution in [2.75, 3.05) is 0 Å². The van der Waals surface area contributed by atoms with Gasteiger partial charge in [0.15, 0.2) is 0 Å². The summed E-state index contributed by atoms with van der Waals surface area (Å²) in [7, 11) is 0. The Morgan fingerprint density at radius 1 is 1.11 bits per heavy atom. The molecule has 0 heterocycles. The van der Waals surface area contributed by atoms with E-state index in [1.54, 1.807) is 24.3 Å². The SMILES string of the molecule is ON=Cc1ccccc1OCc1ccc(F)cc1. The van der Waals surface area contributed by atoms with E-state index in [9.17, 15) is 4.39 Å². The Hall–Kier alpha value is -2.36. The first kappa shape index (κ1) is 12.1. The van der Waals surface area contributed by atoms with Gasteiger partial charge >= 0.3 is 0 Å². The van der Waals surface area contributed by atoms with Gasteiger partial charge < -0.3 is 9.94 Å². The zero-order valence-corrected chi connectivity index (χ0v) is 9.58. The van der Waals surface area contributed by atoms with Gasteiger partial charge in [0.05, 0.1) is 6.21 Å². The number of nitrogens with zero attached hydrogens (tertiary/aromatic N) is 1. The zero-order chi connectivity index (χ0) is 12.8. The molecule has 3 nitrogen and oxygen atoms in total. The molecule has 4 heteroatoms. The van der Waals surface area contributed by atoms with Crippen LogP contribution in [-0.4, -0.2) is 11.4 Å². The van der Waals surface area contributed by atoms with Gasteiger partial charge in [-0.25, -0.2) is 4.39 Å². The van der Waals surface area contributed by atoms with Crippen molar-refractivity contribution in [3.05, 3.63) is 65.5 Å². The molecule has 2 aromatic rings. The van der Waals surface area contributed by atoms with Gasteiger partial charge in [0.1, 0.15) is 18.2 Å². The predicted molar refractivity (Wildman–Crippen MR) is 66.6 cm³/mol. The summed E-state index contributed by atoms with van der Waals surface area (Å²) in [5.74, 6) is 0.339. The van der Waals surface area contributed by atoms with E-state index in [2.05, 4.69) is 5.16 Å². The van der Waals surface area contributed by atoms with Crippen molar-refractivity contribution in [1.82, 2.24) is 0 Å². The maximum atomic E-state index is 12.7. The van der Waals surface area contributed by atoms with Crippen LogP contribution in [0.3, 0.4) is 0 Å². The molecule has 0 aliphatic rings. The van der Waals surface area contributed by atoms with Gasteiger partial charge in [0.2, 0.25) is 0 Å². The van der Waals surface area contributed by atoms with Gasteiger partial charge in [-0.15, -0.1) is 0 Å². The average molecular weight is 245 g/mol. The minimum atomic E-state index is -0.272. The maximum absolute atomic E-state index is 12.7. The highest BCUT2D eigenvalue weighted by Gasteiger charge is 2.01. The van der Waals surface area contributed by atoms with Gasteiger partial charge in [-0.3, -0.25) is 0 Å². The van der Waals surface area contributed by atoms with Crippen LogP contribution in [0.2, 0.25) is 0 Å². The van der Waals surface area contributed by atoms with Crippen LogP contribution >= 0.6 is 0 Å². The monoisotopic (exact) mass is 245 g/mol. The minimum Gasteiger partial charge on any atom is -0.488 e. The normalized spacial score (nSPS) is 10.7. The van der Waals surface area contributed by atoms with Gasteiger partial charge in [-0.2, -0.15) is 0 Å². The second-order valence-corrected chi connectivity index (χ2v) is 3.70.